The molecule has 0 saturated carbocycles. The second-order valence-electron chi connectivity index (χ2n) is 4.06. The molecular formula is C14H12N4. The van der Waals surface area contributed by atoms with Gasteiger partial charge in [0.1, 0.15) is 0 Å². The minimum atomic E-state index is 0.913. The average Bonchev–Trinajstić information content (AvgIpc) is 2.89. The second kappa shape index (κ2) is 4.41. The Balaban J connectivity index is 2.13. The van der Waals surface area contributed by atoms with Crippen LogP contribution in [0.25, 0.3) is 17.1 Å². The molecule has 0 aromatic carbocycles. The molecule has 0 aliphatic rings. The van der Waals surface area contributed by atoms with E-state index < -0.39 is 0 Å². The number of rotatable bonds is 2. The molecular weight excluding hydrogens is 224 g/mol. The van der Waals surface area contributed by atoms with Crippen LogP contribution in [0.4, 0.5) is 0 Å². The normalized spacial score (nSPS) is 10.5. The molecule has 0 atom stereocenters. The van der Waals surface area contributed by atoms with E-state index in [-0.39, 0.29) is 0 Å². The van der Waals surface area contributed by atoms with Crippen molar-refractivity contribution in [2.75, 3.05) is 0 Å². The Kier molecular flexibility index (Phi) is 2.61. The third kappa shape index (κ3) is 1.88. The fourth-order valence-electron chi connectivity index (χ4n) is 1.86. The first-order valence-electron chi connectivity index (χ1n) is 5.72. The highest BCUT2D eigenvalue weighted by molar-refractivity contribution is 5.57. The maximum atomic E-state index is 4.39. The summed E-state index contributed by atoms with van der Waals surface area (Å²) >= 11 is 0. The predicted molar refractivity (Wildman–Crippen MR) is 69.3 cm³/mol. The van der Waals surface area contributed by atoms with Crippen molar-refractivity contribution < 1.29 is 0 Å². The van der Waals surface area contributed by atoms with Gasteiger partial charge in [-0.05, 0) is 42.8 Å². The number of hydrogen-bond donors (Lipinski definition) is 0. The molecule has 3 rings (SSSR count). The zero-order chi connectivity index (χ0) is 12.4. The Bertz CT molecular complexity index is 658. The quantitative estimate of drug-likeness (QED) is 0.687. The summed E-state index contributed by atoms with van der Waals surface area (Å²) in [5.74, 6) is 0. The molecule has 0 aliphatic heterocycles. The highest BCUT2D eigenvalue weighted by atomic mass is 15.3. The van der Waals surface area contributed by atoms with Crippen molar-refractivity contribution in [1.29, 1.82) is 0 Å². The van der Waals surface area contributed by atoms with Crippen LogP contribution in [0, 0.1) is 6.92 Å². The van der Waals surface area contributed by atoms with Crippen molar-refractivity contribution in [3.8, 4) is 17.1 Å². The van der Waals surface area contributed by atoms with Crippen LogP contribution in [-0.2, 0) is 0 Å². The Hall–Kier alpha value is -2.49. The van der Waals surface area contributed by atoms with Crippen LogP contribution < -0.4 is 0 Å². The molecule has 0 N–H and O–H groups in total. The van der Waals surface area contributed by atoms with Gasteiger partial charge in [-0.25, -0.2) is 4.68 Å². The zero-order valence-corrected chi connectivity index (χ0v) is 9.99. The molecule has 0 unspecified atom stereocenters. The summed E-state index contributed by atoms with van der Waals surface area (Å²) in [6.45, 7) is 2.05. The number of aryl methyl sites for hydroxylation is 1. The van der Waals surface area contributed by atoms with Gasteiger partial charge in [0.05, 0.1) is 29.5 Å². The molecule has 3 aromatic rings. The van der Waals surface area contributed by atoms with E-state index in [1.54, 1.807) is 18.6 Å². The van der Waals surface area contributed by atoms with E-state index in [9.17, 15) is 0 Å². The first-order chi connectivity index (χ1) is 8.84. The first-order valence-corrected chi connectivity index (χ1v) is 5.72. The van der Waals surface area contributed by atoms with Gasteiger partial charge in [0.25, 0.3) is 0 Å². The van der Waals surface area contributed by atoms with Crippen LogP contribution in [0.5, 0.6) is 0 Å². The third-order valence-electron chi connectivity index (χ3n) is 2.71. The van der Waals surface area contributed by atoms with E-state index in [2.05, 4.69) is 22.0 Å². The van der Waals surface area contributed by atoms with E-state index >= 15 is 0 Å². The summed E-state index contributed by atoms with van der Waals surface area (Å²) in [6.07, 6.45) is 7.11. The molecule has 0 saturated heterocycles. The van der Waals surface area contributed by atoms with Crippen molar-refractivity contribution >= 4 is 0 Å². The molecule has 4 nitrogen and oxygen atoms in total. The molecule has 3 heterocycles. The minimum Gasteiger partial charge on any atom is -0.262 e. The summed E-state index contributed by atoms with van der Waals surface area (Å²) in [5.41, 5.74) is 3.99. The molecule has 0 aliphatic carbocycles. The second-order valence-corrected chi connectivity index (χ2v) is 4.06. The number of nitrogens with zero attached hydrogens (tertiary/aromatic N) is 4. The molecule has 88 valence electrons. The van der Waals surface area contributed by atoms with Crippen molar-refractivity contribution in [3.05, 3.63) is 60.7 Å². The smallest absolute Gasteiger partial charge is 0.0925 e. The van der Waals surface area contributed by atoms with Crippen LogP contribution in [0.2, 0.25) is 0 Å². The van der Waals surface area contributed by atoms with Gasteiger partial charge in [0.2, 0.25) is 0 Å². The molecule has 4 heteroatoms. The lowest BCUT2D eigenvalue weighted by molar-refractivity contribution is 0.877. The Labute approximate surface area is 105 Å². The van der Waals surface area contributed by atoms with E-state index in [0.717, 1.165) is 17.1 Å². The Morgan fingerprint density at radius 1 is 1.06 bits per heavy atom. The van der Waals surface area contributed by atoms with Gasteiger partial charge in [-0.3, -0.25) is 9.97 Å². The molecule has 0 spiro atoms. The topological polar surface area (TPSA) is 43.6 Å². The summed E-state index contributed by atoms with van der Waals surface area (Å²) in [7, 11) is 0. The van der Waals surface area contributed by atoms with Gasteiger partial charge in [-0.2, -0.15) is 5.10 Å². The van der Waals surface area contributed by atoms with Crippen LogP contribution in [0.3, 0.4) is 0 Å². The van der Waals surface area contributed by atoms with Crippen LogP contribution in [0.1, 0.15) is 5.56 Å². The lowest BCUT2D eigenvalue weighted by atomic mass is 10.2. The SMILES string of the molecule is Cc1ccnc(-c2ccnn2-c2cccnc2)c1. The summed E-state index contributed by atoms with van der Waals surface area (Å²) in [6, 6.07) is 9.84. The maximum absolute atomic E-state index is 4.39. The molecule has 0 fully saturated rings. The van der Waals surface area contributed by atoms with Crippen LogP contribution >= 0.6 is 0 Å². The molecule has 0 amide bonds. The van der Waals surface area contributed by atoms with Gasteiger partial charge in [-0.15, -0.1) is 0 Å². The monoisotopic (exact) mass is 236 g/mol. The standard InChI is InChI=1S/C14H12N4/c1-11-4-7-16-13(9-11)14-5-8-17-18(14)12-3-2-6-15-10-12/h2-10H,1H3. The van der Waals surface area contributed by atoms with Gasteiger partial charge in [0, 0.05) is 12.4 Å². The molecule has 18 heavy (non-hydrogen) atoms. The molecule has 0 bridgehead atoms. The zero-order valence-electron chi connectivity index (χ0n) is 9.99. The van der Waals surface area contributed by atoms with Crippen LogP contribution in [0.15, 0.2) is 55.1 Å². The van der Waals surface area contributed by atoms with E-state index in [0.29, 0.717) is 0 Å². The first kappa shape index (κ1) is 10.7. The van der Waals surface area contributed by atoms with Crippen LogP contribution in [-0.4, -0.2) is 19.7 Å². The molecule has 0 radical (unpaired) electrons. The fraction of sp³-hybridized carbons (Fsp3) is 0.0714. The average molecular weight is 236 g/mol. The van der Waals surface area contributed by atoms with Gasteiger partial charge in [-0.1, -0.05) is 0 Å². The Morgan fingerprint density at radius 3 is 2.78 bits per heavy atom. The predicted octanol–water partition coefficient (Wildman–Crippen LogP) is 2.64. The van der Waals surface area contributed by atoms with Crippen molar-refractivity contribution in [1.82, 2.24) is 19.7 Å². The summed E-state index contributed by atoms with van der Waals surface area (Å²) in [5, 5.41) is 4.33. The lowest BCUT2D eigenvalue weighted by Gasteiger charge is -2.06. The number of aromatic nitrogens is 4. The van der Waals surface area contributed by atoms with Crippen molar-refractivity contribution in [2.45, 2.75) is 6.92 Å². The minimum absolute atomic E-state index is 0.913. The fourth-order valence-corrected chi connectivity index (χ4v) is 1.86. The van der Waals surface area contributed by atoms with E-state index in [4.69, 9.17) is 0 Å². The van der Waals surface area contributed by atoms with Gasteiger partial charge < -0.3 is 0 Å². The molecule has 3 aromatic heterocycles. The van der Waals surface area contributed by atoms with Crippen molar-refractivity contribution in [2.24, 2.45) is 0 Å². The number of pyridine rings is 2. The van der Waals surface area contributed by atoms with E-state index in [1.165, 1.54) is 5.56 Å². The number of hydrogen-bond acceptors (Lipinski definition) is 3. The Morgan fingerprint density at radius 2 is 2.00 bits per heavy atom. The van der Waals surface area contributed by atoms with Gasteiger partial charge >= 0.3 is 0 Å². The highest BCUT2D eigenvalue weighted by Crippen LogP contribution is 2.20. The lowest BCUT2D eigenvalue weighted by Crippen LogP contribution is -2.00. The highest BCUT2D eigenvalue weighted by Gasteiger charge is 2.08. The van der Waals surface area contributed by atoms with Gasteiger partial charge in [0.15, 0.2) is 0 Å². The van der Waals surface area contributed by atoms with Crippen molar-refractivity contribution in [3.63, 3.8) is 0 Å². The maximum Gasteiger partial charge on any atom is 0.0925 e. The van der Waals surface area contributed by atoms with E-state index in [1.807, 2.05) is 41.2 Å². The third-order valence-corrected chi connectivity index (χ3v) is 2.71. The largest absolute Gasteiger partial charge is 0.262 e. The summed E-state index contributed by atoms with van der Waals surface area (Å²) in [4.78, 5) is 8.50. The summed E-state index contributed by atoms with van der Waals surface area (Å²) < 4.78 is 1.84.